The van der Waals surface area contributed by atoms with Crippen LogP contribution < -0.4 is 5.32 Å². The number of amides is 2. The van der Waals surface area contributed by atoms with E-state index in [4.69, 9.17) is 14.2 Å². The number of hydrogen-bond donors (Lipinski definition) is 1. The Kier molecular flexibility index (Phi) is 10.2. The van der Waals surface area contributed by atoms with E-state index in [1.807, 2.05) is 65.0 Å². The summed E-state index contributed by atoms with van der Waals surface area (Å²) >= 11 is 0. The molecule has 1 aromatic carbocycles. The first-order chi connectivity index (χ1) is 15.5. The lowest BCUT2D eigenvalue weighted by molar-refractivity contribution is -0.163. The van der Waals surface area contributed by atoms with Crippen molar-refractivity contribution < 1.29 is 28.6 Å². The molecule has 1 aromatic rings. The van der Waals surface area contributed by atoms with Crippen LogP contribution in [-0.2, 0) is 30.4 Å². The summed E-state index contributed by atoms with van der Waals surface area (Å²) in [6, 6.07) is 8.75. The number of alkyl carbamates (subject to hydrolysis) is 1. The highest BCUT2D eigenvalue weighted by molar-refractivity contribution is 5.85. The number of likely N-dealkylation sites (tertiary alicyclic amines) is 1. The van der Waals surface area contributed by atoms with Crippen LogP contribution in [-0.4, -0.2) is 60.3 Å². The van der Waals surface area contributed by atoms with Gasteiger partial charge < -0.3 is 24.4 Å². The van der Waals surface area contributed by atoms with Crippen molar-refractivity contribution in [2.24, 2.45) is 5.92 Å². The molecule has 1 heterocycles. The van der Waals surface area contributed by atoms with Gasteiger partial charge in [0.25, 0.3) is 0 Å². The fourth-order valence-corrected chi connectivity index (χ4v) is 3.62. The minimum Gasteiger partial charge on any atom is -0.458 e. The molecule has 8 nitrogen and oxygen atoms in total. The van der Waals surface area contributed by atoms with Gasteiger partial charge in [0, 0.05) is 13.1 Å². The van der Waals surface area contributed by atoms with Crippen molar-refractivity contribution in [1.82, 2.24) is 10.2 Å². The first-order valence-corrected chi connectivity index (χ1v) is 11.6. The highest BCUT2D eigenvalue weighted by atomic mass is 16.6. The summed E-state index contributed by atoms with van der Waals surface area (Å²) < 4.78 is 16.2. The van der Waals surface area contributed by atoms with Gasteiger partial charge in [0.05, 0.1) is 6.10 Å². The summed E-state index contributed by atoms with van der Waals surface area (Å²) in [5.41, 5.74) is 0.338. The summed E-state index contributed by atoms with van der Waals surface area (Å²) in [4.78, 5) is 39.0. The molecule has 0 saturated carbocycles. The van der Waals surface area contributed by atoms with E-state index < -0.39 is 23.7 Å². The first kappa shape index (κ1) is 26.6. The maximum absolute atomic E-state index is 13.1. The maximum Gasteiger partial charge on any atom is 0.408 e. The number of nitrogens with zero attached hydrogens (tertiary/aromatic N) is 1. The van der Waals surface area contributed by atoms with Crippen molar-refractivity contribution in [2.75, 3.05) is 19.7 Å². The topological polar surface area (TPSA) is 94.2 Å². The van der Waals surface area contributed by atoms with Crippen LogP contribution in [0.5, 0.6) is 0 Å². The number of carbonyl (C=O) groups is 3. The average Bonchev–Trinajstić information content (AvgIpc) is 2.75. The summed E-state index contributed by atoms with van der Waals surface area (Å²) in [5, 5.41) is 2.74. The molecule has 0 radical (unpaired) electrons. The molecule has 1 saturated heterocycles. The Morgan fingerprint density at radius 1 is 1.09 bits per heavy atom. The molecule has 0 unspecified atom stereocenters. The summed E-state index contributed by atoms with van der Waals surface area (Å²) in [7, 11) is 0. The number of ether oxygens (including phenoxy) is 3. The second-order valence-corrected chi connectivity index (χ2v) is 9.81. The average molecular weight is 463 g/mol. The number of rotatable bonds is 9. The third-order valence-corrected chi connectivity index (χ3v) is 5.12. The van der Waals surface area contributed by atoms with Crippen molar-refractivity contribution in [3.8, 4) is 0 Å². The Labute approximate surface area is 196 Å². The molecule has 0 aromatic heterocycles. The Bertz CT molecular complexity index is 767. The van der Waals surface area contributed by atoms with Gasteiger partial charge in [-0.3, -0.25) is 4.79 Å². The predicted molar refractivity (Wildman–Crippen MR) is 124 cm³/mol. The van der Waals surface area contributed by atoms with Crippen LogP contribution >= 0.6 is 0 Å². The molecule has 1 aliphatic rings. The Balaban J connectivity index is 1.81. The van der Waals surface area contributed by atoms with E-state index >= 15 is 0 Å². The van der Waals surface area contributed by atoms with Crippen molar-refractivity contribution >= 4 is 18.0 Å². The van der Waals surface area contributed by atoms with Gasteiger partial charge in [-0.25, -0.2) is 9.59 Å². The monoisotopic (exact) mass is 462 g/mol. The van der Waals surface area contributed by atoms with Crippen LogP contribution in [0.4, 0.5) is 4.79 Å². The summed E-state index contributed by atoms with van der Waals surface area (Å²) in [5.74, 6) is -0.287. The molecular formula is C25H38N2O6. The number of esters is 1. The van der Waals surface area contributed by atoms with E-state index in [0.29, 0.717) is 32.4 Å². The van der Waals surface area contributed by atoms with Crippen LogP contribution in [0, 0.1) is 5.92 Å². The lowest BCUT2D eigenvalue weighted by Crippen LogP contribution is -2.52. The number of benzene rings is 1. The van der Waals surface area contributed by atoms with Crippen LogP contribution in [0.3, 0.4) is 0 Å². The third kappa shape index (κ3) is 10.2. The highest BCUT2D eigenvalue weighted by Gasteiger charge is 2.31. The van der Waals surface area contributed by atoms with E-state index in [9.17, 15) is 14.4 Å². The molecule has 184 valence electrons. The molecule has 1 N–H and O–H groups in total. The van der Waals surface area contributed by atoms with Crippen molar-refractivity contribution in [3.63, 3.8) is 0 Å². The fraction of sp³-hybridized carbons (Fsp3) is 0.640. The second-order valence-electron chi connectivity index (χ2n) is 9.81. The zero-order valence-electron chi connectivity index (χ0n) is 20.5. The predicted octanol–water partition coefficient (Wildman–Crippen LogP) is 3.68. The van der Waals surface area contributed by atoms with Gasteiger partial charge in [-0.15, -0.1) is 0 Å². The van der Waals surface area contributed by atoms with Gasteiger partial charge in [0.2, 0.25) is 5.91 Å². The fourth-order valence-electron chi connectivity index (χ4n) is 3.62. The van der Waals surface area contributed by atoms with E-state index in [0.717, 1.165) is 5.56 Å². The van der Waals surface area contributed by atoms with E-state index in [1.54, 1.807) is 4.90 Å². The molecule has 2 rings (SSSR count). The second kappa shape index (κ2) is 12.6. The van der Waals surface area contributed by atoms with Crippen molar-refractivity contribution in [2.45, 2.75) is 78.2 Å². The van der Waals surface area contributed by atoms with Gasteiger partial charge in [-0.1, -0.05) is 44.2 Å². The lowest BCUT2D eigenvalue weighted by Gasteiger charge is -2.34. The standard InChI is InChI=1S/C25H38N2O6/c1-18(2)15-21(26-24(30)32-16-19-9-7-6-8-10-19)23(29)27-13-11-20(12-14-27)31-17-22(28)33-25(3,4)5/h6-10,18,20-21H,11-17H2,1-5H3,(H,26,30)/t21-/m0/s1. The quantitative estimate of drug-likeness (QED) is 0.563. The van der Waals surface area contributed by atoms with Gasteiger partial charge in [0.15, 0.2) is 0 Å². The molecule has 1 fully saturated rings. The Morgan fingerprint density at radius 2 is 1.73 bits per heavy atom. The third-order valence-electron chi connectivity index (χ3n) is 5.12. The van der Waals surface area contributed by atoms with Gasteiger partial charge >= 0.3 is 12.1 Å². The Hall–Kier alpha value is -2.61. The SMILES string of the molecule is CC(C)C[C@H](NC(=O)OCc1ccccc1)C(=O)N1CCC(OCC(=O)OC(C)(C)C)CC1. The maximum atomic E-state index is 13.1. The molecule has 2 amide bonds. The van der Waals surface area contributed by atoms with Gasteiger partial charge in [0.1, 0.15) is 24.9 Å². The lowest BCUT2D eigenvalue weighted by atomic mass is 10.0. The number of piperidine rings is 1. The zero-order valence-corrected chi connectivity index (χ0v) is 20.5. The molecule has 0 spiro atoms. The normalized spacial score (nSPS) is 15.8. The van der Waals surface area contributed by atoms with Crippen molar-refractivity contribution in [3.05, 3.63) is 35.9 Å². The summed E-state index contributed by atoms with van der Waals surface area (Å²) in [6.45, 7) is 10.5. The first-order valence-electron chi connectivity index (χ1n) is 11.6. The van der Waals surface area contributed by atoms with E-state index in [-0.39, 0.29) is 31.1 Å². The molecule has 33 heavy (non-hydrogen) atoms. The van der Waals surface area contributed by atoms with Crippen molar-refractivity contribution in [1.29, 1.82) is 0 Å². The van der Waals surface area contributed by atoms with Crippen LogP contribution in [0.2, 0.25) is 0 Å². The van der Waals surface area contributed by atoms with E-state index in [1.165, 1.54) is 0 Å². The number of carbonyl (C=O) groups excluding carboxylic acids is 3. The molecule has 0 bridgehead atoms. The summed E-state index contributed by atoms with van der Waals surface area (Å²) in [6.07, 6.45) is 1.07. The molecule has 1 aliphatic heterocycles. The van der Waals surface area contributed by atoms with Crippen LogP contribution in [0.25, 0.3) is 0 Å². The Morgan fingerprint density at radius 3 is 2.30 bits per heavy atom. The minimum absolute atomic E-state index is 0.0966. The van der Waals surface area contributed by atoms with E-state index in [2.05, 4.69) is 5.32 Å². The molecule has 0 aliphatic carbocycles. The number of nitrogens with one attached hydrogen (secondary N) is 1. The zero-order chi connectivity index (χ0) is 24.4. The molecular weight excluding hydrogens is 424 g/mol. The number of hydrogen-bond acceptors (Lipinski definition) is 6. The molecule has 8 heteroatoms. The van der Waals surface area contributed by atoms with Crippen LogP contribution in [0.15, 0.2) is 30.3 Å². The van der Waals surface area contributed by atoms with Gasteiger partial charge in [-0.2, -0.15) is 0 Å². The smallest absolute Gasteiger partial charge is 0.408 e. The highest BCUT2D eigenvalue weighted by Crippen LogP contribution is 2.17. The van der Waals surface area contributed by atoms with Crippen LogP contribution in [0.1, 0.15) is 59.4 Å². The largest absolute Gasteiger partial charge is 0.458 e. The molecule has 1 atom stereocenters. The van der Waals surface area contributed by atoms with Gasteiger partial charge in [-0.05, 0) is 51.5 Å². The minimum atomic E-state index is -0.646.